The van der Waals surface area contributed by atoms with Crippen LogP contribution >= 0.6 is 12.4 Å². The van der Waals surface area contributed by atoms with Crippen LogP contribution in [-0.2, 0) is 14.8 Å². The molecule has 0 bridgehead atoms. The molecular weight excluding hydrogens is 304 g/mol. The van der Waals surface area contributed by atoms with Crippen molar-refractivity contribution < 1.29 is 17.9 Å². The number of nitrogens with two attached hydrogens (primary N) is 1. The minimum absolute atomic E-state index is 0. The Kier molecular flexibility index (Phi) is 7.74. The highest BCUT2D eigenvalue weighted by atomic mass is 35.5. The minimum Gasteiger partial charge on any atom is -0.465 e. The fraction of sp³-hybridized carbons (Fsp3) is 0.417. The molecule has 114 valence electrons. The van der Waals surface area contributed by atoms with Crippen LogP contribution in [0.2, 0.25) is 0 Å². The largest absolute Gasteiger partial charge is 0.465 e. The lowest BCUT2D eigenvalue weighted by Crippen LogP contribution is -2.26. The number of hydrogen-bond acceptors (Lipinski definition) is 5. The van der Waals surface area contributed by atoms with Gasteiger partial charge in [0.15, 0.2) is 0 Å². The van der Waals surface area contributed by atoms with Crippen molar-refractivity contribution >= 4 is 28.4 Å². The molecular formula is C12H19ClN2O4S. The standard InChI is InChI=1S/C12H18N2O4S.ClH/c1-9-4-5-10(8-11(9)12(15)18-2)19(16,17)14-7-3-6-13;/h4-5,8,14H,3,6-7,13H2,1-2H3;1H. The first-order chi connectivity index (χ1) is 8.92. The van der Waals surface area contributed by atoms with Gasteiger partial charge in [0.05, 0.1) is 17.6 Å². The van der Waals surface area contributed by atoms with Gasteiger partial charge in [0.2, 0.25) is 10.0 Å². The fourth-order valence-corrected chi connectivity index (χ4v) is 2.59. The molecule has 8 heteroatoms. The predicted molar refractivity (Wildman–Crippen MR) is 78.6 cm³/mol. The summed E-state index contributed by atoms with van der Waals surface area (Å²) in [6.45, 7) is 2.38. The van der Waals surface area contributed by atoms with Crippen LogP contribution in [0.5, 0.6) is 0 Å². The number of carbonyl (C=O) groups excluding carboxylic acids is 1. The molecule has 1 aromatic carbocycles. The van der Waals surface area contributed by atoms with Gasteiger partial charge in [-0.3, -0.25) is 0 Å². The summed E-state index contributed by atoms with van der Waals surface area (Å²) in [5.41, 5.74) is 6.20. The first-order valence-corrected chi connectivity index (χ1v) is 7.29. The molecule has 3 N–H and O–H groups in total. The van der Waals surface area contributed by atoms with Crippen LogP contribution in [0.1, 0.15) is 22.3 Å². The lowest BCUT2D eigenvalue weighted by molar-refractivity contribution is 0.0599. The number of carbonyl (C=O) groups is 1. The van der Waals surface area contributed by atoms with Gasteiger partial charge in [0, 0.05) is 6.54 Å². The molecule has 0 spiro atoms. The number of rotatable bonds is 6. The summed E-state index contributed by atoms with van der Waals surface area (Å²) >= 11 is 0. The highest BCUT2D eigenvalue weighted by Crippen LogP contribution is 2.16. The number of ether oxygens (including phenoxy) is 1. The van der Waals surface area contributed by atoms with E-state index in [1.807, 2.05) is 0 Å². The Hall–Kier alpha value is -1.15. The molecule has 0 fully saturated rings. The van der Waals surface area contributed by atoms with Crippen LogP contribution in [0.3, 0.4) is 0 Å². The van der Waals surface area contributed by atoms with Crippen LogP contribution in [0.15, 0.2) is 23.1 Å². The van der Waals surface area contributed by atoms with Gasteiger partial charge < -0.3 is 10.5 Å². The smallest absolute Gasteiger partial charge is 0.338 e. The topological polar surface area (TPSA) is 98.5 Å². The van der Waals surface area contributed by atoms with E-state index in [4.69, 9.17) is 5.73 Å². The number of halogens is 1. The Bertz CT molecular complexity index is 561. The van der Waals surface area contributed by atoms with Gasteiger partial charge in [-0.15, -0.1) is 12.4 Å². The molecule has 0 radical (unpaired) electrons. The molecule has 0 saturated carbocycles. The zero-order chi connectivity index (χ0) is 14.5. The molecule has 0 aliphatic heterocycles. The maximum absolute atomic E-state index is 12.0. The molecule has 0 aromatic heterocycles. The summed E-state index contributed by atoms with van der Waals surface area (Å²) in [5.74, 6) is -0.559. The Labute approximate surface area is 125 Å². The maximum atomic E-state index is 12.0. The number of benzene rings is 1. The van der Waals surface area contributed by atoms with Gasteiger partial charge in [-0.1, -0.05) is 6.07 Å². The van der Waals surface area contributed by atoms with Gasteiger partial charge in [0.25, 0.3) is 0 Å². The molecule has 20 heavy (non-hydrogen) atoms. The van der Waals surface area contributed by atoms with Crippen molar-refractivity contribution in [3.63, 3.8) is 0 Å². The van der Waals surface area contributed by atoms with Gasteiger partial charge in [0.1, 0.15) is 0 Å². The highest BCUT2D eigenvalue weighted by molar-refractivity contribution is 7.89. The van der Waals surface area contributed by atoms with Crippen molar-refractivity contribution in [1.82, 2.24) is 4.72 Å². The molecule has 0 amide bonds. The van der Waals surface area contributed by atoms with E-state index in [0.717, 1.165) is 0 Å². The van der Waals surface area contributed by atoms with Crippen LogP contribution in [-0.4, -0.2) is 34.6 Å². The average Bonchev–Trinajstić information content (AvgIpc) is 2.38. The third kappa shape index (κ3) is 4.75. The Balaban J connectivity index is 0.00000361. The summed E-state index contributed by atoms with van der Waals surface area (Å²) in [6.07, 6.45) is 0.551. The van der Waals surface area contributed by atoms with Crippen LogP contribution in [0.4, 0.5) is 0 Å². The van der Waals surface area contributed by atoms with Gasteiger partial charge in [-0.05, 0) is 37.6 Å². The van der Waals surface area contributed by atoms with E-state index < -0.39 is 16.0 Å². The number of methoxy groups -OCH3 is 1. The van der Waals surface area contributed by atoms with E-state index in [9.17, 15) is 13.2 Å². The molecule has 6 nitrogen and oxygen atoms in total. The monoisotopic (exact) mass is 322 g/mol. The summed E-state index contributed by atoms with van der Waals surface area (Å²) < 4.78 is 31.0. The van der Waals surface area contributed by atoms with Crippen molar-refractivity contribution in [2.45, 2.75) is 18.2 Å². The van der Waals surface area contributed by atoms with Crippen molar-refractivity contribution in [2.24, 2.45) is 5.73 Å². The second-order valence-electron chi connectivity index (χ2n) is 4.01. The van der Waals surface area contributed by atoms with E-state index >= 15 is 0 Å². The average molecular weight is 323 g/mol. The van der Waals surface area contributed by atoms with Crippen molar-refractivity contribution in [3.8, 4) is 0 Å². The number of aryl methyl sites for hydroxylation is 1. The van der Waals surface area contributed by atoms with E-state index in [0.29, 0.717) is 18.5 Å². The first-order valence-electron chi connectivity index (χ1n) is 5.81. The van der Waals surface area contributed by atoms with Crippen LogP contribution < -0.4 is 10.5 Å². The number of nitrogens with one attached hydrogen (secondary N) is 1. The normalized spacial score (nSPS) is 10.8. The highest BCUT2D eigenvalue weighted by Gasteiger charge is 2.17. The van der Waals surface area contributed by atoms with Crippen molar-refractivity contribution in [3.05, 3.63) is 29.3 Å². The Morgan fingerprint density at radius 3 is 2.60 bits per heavy atom. The van der Waals surface area contributed by atoms with Crippen LogP contribution in [0, 0.1) is 6.92 Å². The van der Waals surface area contributed by atoms with E-state index in [-0.39, 0.29) is 29.4 Å². The molecule has 0 saturated heterocycles. The number of sulfonamides is 1. The van der Waals surface area contributed by atoms with Crippen molar-refractivity contribution in [1.29, 1.82) is 0 Å². The summed E-state index contributed by atoms with van der Waals surface area (Å²) in [6, 6.07) is 4.34. The van der Waals surface area contributed by atoms with E-state index in [2.05, 4.69) is 9.46 Å². The Morgan fingerprint density at radius 2 is 2.05 bits per heavy atom. The lowest BCUT2D eigenvalue weighted by atomic mass is 10.1. The molecule has 0 aliphatic carbocycles. The number of esters is 1. The summed E-state index contributed by atoms with van der Waals surface area (Å²) in [4.78, 5) is 11.6. The maximum Gasteiger partial charge on any atom is 0.338 e. The molecule has 0 aliphatic rings. The SMILES string of the molecule is COC(=O)c1cc(S(=O)(=O)NCCCN)ccc1C.Cl. The molecule has 0 unspecified atom stereocenters. The number of hydrogen-bond donors (Lipinski definition) is 2. The third-order valence-corrected chi connectivity index (χ3v) is 4.06. The minimum atomic E-state index is -3.63. The zero-order valence-corrected chi connectivity index (χ0v) is 13.0. The lowest BCUT2D eigenvalue weighted by Gasteiger charge is -2.09. The first kappa shape index (κ1) is 18.9. The fourth-order valence-electron chi connectivity index (χ4n) is 1.49. The van der Waals surface area contributed by atoms with Gasteiger partial charge >= 0.3 is 5.97 Å². The van der Waals surface area contributed by atoms with Crippen LogP contribution in [0.25, 0.3) is 0 Å². The Morgan fingerprint density at radius 1 is 1.40 bits per heavy atom. The molecule has 0 atom stereocenters. The second-order valence-corrected chi connectivity index (χ2v) is 5.78. The molecule has 1 rings (SSSR count). The zero-order valence-electron chi connectivity index (χ0n) is 11.4. The summed E-state index contributed by atoms with van der Waals surface area (Å²) in [5, 5.41) is 0. The third-order valence-electron chi connectivity index (χ3n) is 2.60. The summed E-state index contributed by atoms with van der Waals surface area (Å²) in [7, 11) is -2.37. The molecule has 1 aromatic rings. The van der Waals surface area contributed by atoms with Gasteiger partial charge in [-0.25, -0.2) is 17.9 Å². The van der Waals surface area contributed by atoms with Crippen molar-refractivity contribution in [2.75, 3.05) is 20.2 Å². The predicted octanol–water partition coefficient (Wildman–Crippen LogP) is 0.831. The van der Waals surface area contributed by atoms with E-state index in [1.165, 1.54) is 19.2 Å². The quantitative estimate of drug-likeness (QED) is 0.597. The van der Waals surface area contributed by atoms with Gasteiger partial charge in [-0.2, -0.15) is 0 Å². The second kappa shape index (κ2) is 8.21. The van der Waals surface area contributed by atoms with E-state index in [1.54, 1.807) is 13.0 Å². The molecule has 0 heterocycles.